The Labute approximate surface area is 336 Å². The summed E-state index contributed by atoms with van der Waals surface area (Å²) in [6.07, 6.45) is 0. The molecule has 0 saturated heterocycles. The molecular weight excluding hydrogens is 621 g/mol. The van der Waals surface area contributed by atoms with E-state index in [0.717, 1.165) is 4.57 Å². The van der Waals surface area contributed by atoms with Crippen LogP contribution in [0, 0.1) is 0 Å². The van der Waals surface area contributed by atoms with Crippen molar-refractivity contribution in [3.05, 3.63) is 181 Å². The minimum atomic E-state index is -1.09. The SMILES string of the molecule is [2H]c1c([2H])c([2H])c(-c2c([2H])c(-n3c4c([2H])c([2H])c([2H])c([2H])c4c4c([2H])c([2H])c(-c5c([2H])c([2H])c6c7c([2H])c([2H])c([2H])c([2H])c7n(-c7c([2H])c([2H])c([2H])c([2H])c7[2H])c6c5[2H])c([2H])c43)c3c(oc4c([2H])c([2H])c([2H])c([2H])c43)c2[2H])c([2H])c1[2H]. The van der Waals surface area contributed by atoms with Gasteiger partial charge in [-0.2, -0.15) is 0 Å². The Morgan fingerprint density at radius 1 is 0.353 bits per heavy atom. The van der Waals surface area contributed by atoms with Crippen molar-refractivity contribution in [2.45, 2.75) is 0 Å². The van der Waals surface area contributed by atoms with Crippen LogP contribution < -0.4 is 0 Å². The van der Waals surface area contributed by atoms with E-state index in [1.807, 2.05) is 0 Å². The smallest absolute Gasteiger partial charge is 0.138 e. The Hall–Kier alpha value is -6.84. The van der Waals surface area contributed by atoms with Crippen LogP contribution in [0.4, 0.5) is 0 Å². The summed E-state index contributed by atoms with van der Waals surface area (Å²) in [6.45, 7) is 0. The van der Waals surface area contributed by atoms with E-state index >= 15 is 0 Å². The van der Waals surface area contributed by atoms with Crippen LogP contribution in [-0.2, 0) is 0 Å². The number of aromatic nitrogens is 2. The fourth-order valence-corrected chi connectivity index (χ4v) is 6.20. The van der Waals surface area contributed by atoms with Gasteiger partial charge in [0.15, 0.2) is 0 Å². The number of furan rings is 1. The number of hydrogen-bond acceptors (Lipinski definition) is 1. The van der Waals surface area contributed by atoms with Gasteiger partial charge in [0.25, 0.3) is 0 Å². The molecule has 0 unspecified atom stereocenters. The summed E-state index contributed by atoms with van der Waals surface area (Å²) in [5.74, 6) is 0. The summed E-state index contributed by atoms with van der Waals surface area (Å²) in [7, 11) is 0. The molecule has 0 bridgehead atoms. The summed E-state index contributed by atoms with van der Waals surface area (Å²) in [4.78, 5) is 0. The molecule has 0 atom stereocenters. The molecule has 3 aromatic heterocycles. The highest BCUT2D eigenvalue weighted by Crippen LogP contribution is 2.42. The van der Waals surface area contributed by atoms with Crippen LogP contribution in [0.1, 0.15) is 41.1 Å². The van der Waals surface area contributed by atoms with Gasteiger partial charge < -0.3 is 13.6 Å². The van der Waals surface area contributed by atoms with E-state index in [-0.39, 0.29) is 0 Å². The van der Waals surface area contributed by atoms with Crippen LogP contribution in [0.2, 0.25) is 0 Å². The van der Waals surface area contributed by atoms with Crippen molar-refractivity contribution in [2.75, 3.05) is 0 Å². The van der Waals surface area contributed by atoms with Crippen LogP contribution in [-0.4, -0.2) is 9.13 Å². The molecule has 238 valence electrons. The van der Waals surface area contributed by atoms with E-state index in [1.54, 1.807) is 0 Å². The molecule has 0 amide bonds. The molecule has 11 aromatic rings. The summed E-state index contributed by atoms with van der Waals surface area (Å²) >= 11 is 0. The zero-order valence-electron chi connectivity index (χ0n) is 55.3. The lowest BCUT2D eigenvalue weighted by molar-refractivity contribution is 0.669. The van der Waals surface area contributed by atoms with Crippen molar-refractivity contribution in [3.8, 4) is 33.6 Å². The third-order valence-corrected chi connectivity index (χ3v) is 8.30. The molecule has 0 radical (unpaired) electrons. The first-order valence-corrected chi connectivity index (χ1v) is 15.0. The highest BCUT2D eigenvalue weighted by molar-refractivity contribution is 6.16. The quantitative estimate of drug-likeness (QED) is 0.181. The molecule has 0 N–H and O–H groups in total. The molecule has 0 saturated carbocycles. The Morgan fingerprint density at radius 3 is 1.57 bits per heavy atom. The Kier molecular flexibility index (Phi) is 2.47. The molecule has 0 aliphatic carbocycles. The predicted molar refractivity (Wildman–Crippen MR) is 213 cm³/mol. The van der Waals surface area contributed by atoms with E-state index in [9.17, 15) is 13.7 Å². The van der Waals surface area contributed by atoms with Gasteiger partial charge in [0.2, 0.25) is 0 Å². The van der Waals surface area contributed by atoms with Gasteiger partial charge in [0, 0.05) is 32.6 Å². The molecule has 11 rings (SSSR count). The topological polar surface area (TPSA) is 23.0 Å². The molecule has 3 heteroatoms. The highest BCUT2D eigenvalue weighted by atomic mass is 16.3. The molecule has 8 aromatic carbocycles. The second-order valence-electron chi connectivity index (χ2n) is 11.0. The number of nitrogens with zero attached hydrogens (tertiary/aromatic N) is 2. The number of hydrogen-bond donors (Lipinski definition) is 0. The number of benzene rings is 8. The first kappa shape index (κ1) is 11.6. The number of fused-ring (bicyclic) bond motifs is 9. The summed E-state index contributed by atoms with van der Waals surface area (Å²) < 4.78 is 279. The van der Waals surface area contributed by atoms with Gasteiger partial charge in [-0.15, -0.1) is 0 Å². The Bertz CT molecular complexity index is 4820. The maximum absolute atomic E-state index is 10.2. The summed E-state index contributed by atoms with van der Waals surface area (Å²) in [5, 5.41) is -3.64. The van der Waals surface area contributed by atoms with E-state index in [4.69, 9.17) is 31.8 Å². The third kappa shape index (κ3) is 4.19. The van der Waals surface area contributed by atoms with E-state index in [1.165, 1.54) is 0 Å². The molecule has 0 spiro atoms. The van der Waals surface area contributed by atoms with Crippen molar-refractivity contribution in [2.24, 2.45) is 0 Å². The average molecular weight is 681 g/mol. The summed E-state index contributed by atoms with van der Waals surface area (Å²) in [6, 6.07) is -28.5. The van der Waals surface area contributed by atoms with Crippen molar-refractivity contribution in [1.82, 2.24) is 9.13 Å². The van der Waals surface area contributed by atoms with E-state index in [2.05, 4.69) is 0 Å². The van der Waals surface area contributed by atoms with Crippen LogP contribution in [0.25, 0.3) is 99.2 Å². The van der Waals surface area contributed by atoms with Gasteiger partial charge >= 0.3 is 0 Å². The number of para-hydroxylation sites is 4. The Balaban J connectivity index is 1.44. The van der Waals surface area contributed by atoms with Crippen LogP contribution in [0.3, 0.4) is 0 Å². The zero-order chi connectivity index (χ0) is 59.6. The minimum absolute atomic E-state index is 0.552. The van der Waals surface area contributed by atoms with Crippen LogP contribution in [0.15, 0.2) is 186 Å². The van der Waals surface area contributed by atoms with Crippen LogP contribution >= 0.6 is 0 Å². The van der Waals surface area contributed by atoms with Crippen LogP contribution in [0.5, 0.6) is 0 Å². The van der Waals surface area contributed by atoms with Crippen molar-refractivity contribution >= 4 is 65.6 Å². The second-order valence-corrected chi connectivity index (χ2v) is 11.0. The van der Waals surface area contributed by atoms with Gasteiger partial charge in [-0.3, -0.25) is 0 Å². The average Bonchev–Trinajstić information content (AvgIpc) is 2.72. The van der Waals surface area contributed by atoms with Gasteiger partial charge in [-0.1, -0.05) is 127 Å². The third-order valence-electron chi connectivity index (χ3n) is 8.30. The fourth-order valence-electron chi connectivity index (χ4n) is 6.20. The molecule has 51 heavy (non-hydrogen) atoms. The van der Waals surface area contributed by atoms with E-state index in [0.29, 0.717) is 4.57 Å². The molecule has 0 aliphatic rings. The van der Waals surface area contributed by atoms with Crippen molar-refractivity contribution in [3.63, 3.8) is 0 Å². The van der Waals surface area contributed by atoms with Crippen molar-refractivity contribution in [1.29, 1.82) is 0 Å². The fraction of sp³-hybridized carbons (Fsp3) is 0. The molecule has 0 fully saturated rings. The number of rotatable bonds is 4. The highest BCUT2D eigenvalue weighted by Gasteiger charge is 2.20. The normalized spacial score (nSPS) is 20.2. The molecule has 0 aliphatic heterocycles. The first-order chi connectivity index (χ1) is 37.8. The standard InChI is InChI=1S/C48H30N2O/c1-3-13-31(14-4-1)34-29-45(48-40-19-9-12-22-46(40)51-47(48)30-34)50-42-21-11-8-18-37(42)39-26-24-33(28-44(39)50)32-23-25-38-36-17-7-10-20-41(36)49(43(38)27-32)35-15-5-2-6-16-35/h1-30H/i1D,2D,3D,4D,5D,6D,7D,8D,9D,10D,11D,12D,13D,14D,15D,16D,17D,18D,19D,20D,21D,22D,23D,24D,25D,26D,27D,28D,29D,30D. The lowest BCUT2D eigenvalue weighted by Gasteiger charge is -2.13. The predicted octanol–water partition coefficient (Wildman–Crippen LogP) is 13.1. The molecule has 3 heterocycles. The minimum Gasteiger partial charge on any atom is -0.456 e. The lowest BCUT2D eigenvalue weighted by Crippen LogP contribution is -1.96. The second kappa shape index (κ2) is 10.8. The van der Waals surface area contributed by atoms with Gasteiger partial charge in [0.1, 0.15) is 11.2 Å². The molecular formula is C48H30N2O. The largest absolute Gasteiger partial charge is 0.456 e. The Morgan fingerprint density at radius 2 is 0.882 bits per heavy atom. The van der Waals surface area contributed by atoms with Gasteiger partial charge in [-0.25, -0.2) is 0 Å². The first-order valence-electron chi connectivity index (χ1n) is 30.0. The monoisotopic (exact) mass is 680 g/mol. The zero-order valence-corrected chi connectivity index (χ0v) is 25.3. The van der Waals surface area contributed by atoms with Gasteiger partial charge in [-0.05, 0) is 76.6 Å². The van der Waals surface area contributed by atoms with E-state index < -0.39 is 280 Å². The maximum atomic E-state index is 10.2. The molecule has 3 nitrogen and oxygen atoms in total. The van der Waals surface area contributed by atoms with Gasteiger partial charge in [0.05, 0.1) is 74.3 Å². The van der Waals surface area contributed by atoms with Crippen molar-refractivity contribution < 1.29 is 45.5 Å². The summed E-state index contributed by atoms with van der Waals surface area (Å²) in [5.41, 5.74) is -9.40. The maximum Gasteiger partial charge on any atom is 0.138 e. The lowest BCUT2D eigenvalue weighted by atomic mass is 10.0.